The predicted octanol–water partition coefficient (Wildman–Crippen LogP) is -1.13. The summed E-state index contributed by atoms with van der Waals surface area (Å²) in [6.45, 7) is 3.51. The molecule has 1 aliphatic carbocycles. The minimum Gasteiger partial charge on any atom is -0.455 e. The molecule has 128 valence electrons. The molecule has 0 bridgehead atoms. The molecule has 22 heavy (non-hydrogen) atoms. The van der Waals surface area contributed by atoms with E-state index in [0.717, 1.165) is 0 Å². The van der Waals surface area contributed by atoms with Gasteiger partial charge in [-0.3, -0.25) is 9.59 Å². The van der Waals surface area contributed by atoms with E-state index in [1.54, 1.807) is 13.8 Å². The van der Waals surface area contributed by atoms with Crippen LogP contribution in [0, 0.1) is 0 Å². The van der Waals surface area contributed by atoms with Crippen LogP contribution in [-0.4, -0.2) is 69.0 Å². The third-order valence-corrected chi connectivity index (χ3v) is 3.49. The zero-order valence-electron chi connectivity index (χ0n) is 12.7. The van der Waals surface area contributed by atoms with Crippen LogP contribution in [0.1, 0.15) is 39.5 Å². The Morgan fingerprint density at radius 3 is 1.32 bits per heavy atom. The normalized spacial score (nSPS) is 35.0. The van der Waals surface area contributed by atoms with Crippen LogP contribution in [0.3, 0.4) is 0 Å². The zero-order chi connectivity index (χ0) is 16.9. The van der Waals surface area contributed by atoms with Gasteiger partial charge in [0.05, 0.1) is 0 Å². The summed E-state index contributed by atoms with van der Waals surface area (Å²) in [5, 5.41) is 39.3. The maximum absolute atomic E-state index is 11.6. The fourth-order valence-corrected chi connectivity index (χ4v) is 2.28. The van der Waals surface area contributed by atoms with Crippen molar-refractivity contribution in [2.45, 2.75) is 76.2 Å². The van der Waals surface area contributed by atoms with Gasteiger partial charge in [0.1, 0.15) is 24.4 Å². The summed E-state index contributed by atoms with van der Waals surface area (Å²) in [5.41, 5.74) is 0. The molecule has 1 rings (SSSR count). The van der Waals surface area contributed by atoms with Crippen molar-refractivity contribution in [3.8, 4) is 0 Å². The molecule has 0 aliphatic heterocycles. The molecule has 0 amide bonds. The van der Waals surface area contributed by atoms with E-state index in [2.05, 4.69) is 0 Å². The van der Waals surface area contributed by atoms with E-state index in [9.17, 15) is 30.0 Å². The molecule has 0 spiro atoms. The molecule has 0 saturated heterocycles. The fraction of sp³-hybridized carbons (Fsp3) is 0.857. The highest BCUT2D eigenvalue weighted by Gasteiger charge is 2.52. The van der Waals surface area contributed by atoms with Crippen LogP contribution in [0.25, 0.3) is 0 Å². The first kappa shape index (κ1) is 18.8. The maximum Gasteiger partial charge on any atom is 0.306 e. The van der Waals surface area contributed by atoms with E-state index in [0.29, 0.717) is 12.8 Å². The molecule has 8 nitrogen and oxygen atoms in total. The lowest BCUT2D eigenvalue weighted by Gasteiger charge is -2.42. The molecule has 4 N–H and O–H groups in total. The van der Waals surface area contributed by atoms with Crippen LogP contribution in [0.4, 0.5) is 0 Å². The number of hydrogen-bond acceptors (Lipinski definition) is 8. The summed E-state index contributed by atoms with van der Waals surface area (Å²) in [5.74, 6) is -1.31. The highest BCUT2D eigenvalue weighted by atomic mass is 16.6. The van der Waals surface area contributed by atoms with Gasteiger partial charge < -0.3 is 29.9 Å². The molecule has 6 atom stereocenters. The molecule has 1 fully saturated rings. The van der Waals surface area contributed by atoms with Crippen molar-refractivity contribution < 1.29 is 39.5 Å². The summed E-state index contributed by atoms with van der Waals surface area (Å²) < 4.78 is 10.1. The van der Waals surface area contributed by atoms with Crippen LogP contribution in [0.2, 0.25) is 0 Å². The first-order chi connectivity index (χ1) is 10.3. The number of rotatable bonds is 6. The van der Waals surface area contributed by atoms with Crippen LogP contribution in [0.5, 0.6) is 0 Å². The van der Waals surface area contributed by atoms with Crippen LogP contribution in [0.15, 0.2) is 0 Å². The topological polar surface area (TPSA) is 134 Å². The molecule has 0 aromatic carbocycles. The summed E-state index contributed by atoms with van der Waals surface area (Å²) in [7, 11) is 0. The first-order valence-corrected chi connectivity index (χ1v) is 7.44. The predicted molar refractivity (Wildman–Crippen MR) is 73.6 cm³/mol. The van der Waals surface area contributed by atoms with Crippen molar-refractivity contribution in [3.63, 3.8) is 0 Å². The lowest BCUT2D eigenvalue weighted by atomic mass is 9.84. The number of carbonyl (C=O) groups is 2. The smallest absolute Gasteiger partial charge is 0.306 e. The Kier molecular flexibility index (Phi) is 7.21. The Balaban J connectivity index is 2.91. The van der Waals surface area contributed by atoms with Crippen LogP contribution < -0.4 is 0 Å². The van der Waals surface area contributed by atoms with Crippen molar-refractivity contribution >= 4 is 11.9 Å². The minimum atomic E-state index is -1.71. The molecular weight excluding hydrogens is 296 g/mol. The zero-order valence-corrected chi connectivity index (χ0v) is 12.7. The summed E-state index contributed by atoms with van der Waals surface area (Å²) in [6, 6.07) is 0. The van der Waals surface area contributed by atoms with Gasteiger partial charge in [-0.15, -0.1) is 0 Å². The van der Waals surface area contributed by atoms with Crippen molar-refractivity contribution in [1.29, 1.82) is 0 Å². The Labute approximate surface area is 128 Å². The van der Waals surface area contributed by atoms with Crippen molar-refractivity contribution in [3.05, 3.63) is 0 Å². The number of hydrogen-bond donors (Lipinski definition) is 4. The Morgan fingerprint density at radius 2 is 1.05 bits per heavy atom. The molecule has 0 aromatic heterocycles. The van der Waals surface area contributed by atoms with E-state index in [1.807, 2.05) is 0 Å². The lowest BCUT2D eigenvalue weighted by Crippen LogP contribution is -2.65. The van der Waals surface area contributed by atoms with Gasteiger partial charge in [0.2, 0.25) is 0 Å². The monoisotopic (exact) mass is 320 g/mol. The van der Waals surface area contributed by atoms with Crippen molar-refractivity contribution in [2.75, 3.05) is 0 Å². The summed E-state index contributed by atoms with van der Waals surface area (Å²) in [4.78, 5) is 23.2. The van der Waals surface area contributed by atoms with Crippen LogP contribution in [-0.2, 0) is 19.1 Å². The van der Waals surface area contributed by atoms with Gasteiger partial charge >= 0.3 is 11.9 Å². The van der Waals surface area contributed by atoms with Gasteiger partial charge in [0.25, 0.3) is 0 Å². The highest BCUT2D eigenvalue weighted by Crippen LogP contribution is 2.27. The molecule has 0 unspecified atom stereocenters. The standard InChI is InChI=1S/C14H24O8/c1-3-5-7(15)21-13-11(19)9(17)10(18)12(20)14(13)22-8(16)6-4-2/h9-14,17-20H,3-6H2,1-2H3/t9-,10-,11+,12+,13-,14-/m1/s1. The largest absolute Gasteiger partial charge is 0.455 e. The number of ether oxygens (including phenoxy) is 2. The minimum absolute atomic E-state index is 0.0770. The van der Waals surface area contributed by atoms with E-state index >= 15 is 0 Å². The van der Waals surface area contributed by atoms with Crippen molar-refractivity contribution in [1.82, 2.24) is 0 Å². The first-order valence-electron chi connectivity index (χ1n) is 7.44. The average molecular weight is 320 g/mol. The second-order valence-corrected chi connectivity index (χ2v) is 5.37. The van der Waals surface area contributed by atoms with Gasteiger partial charge in [-0.05, 0) is 12.8 Å². The molecule has 0 heterocycles. The van der Waals surface area contributed by atoms with Gasteiger partial charge in [-0.1, -0.05) is 13.8 Å². The van der Waals surface area contributed by atoms with Crippen molar-refractivity contribution in [2.24, 2.45) is 0 Å². The second kappa shape index (κ2) is 8.42. The third kappa shape index (κ3) is 4.39. The molecule has 1 saturated carbocycles. The van der Waals surface area contributed by atoms with Gasteiger partial charge in [-0.25, -0.2) is 0 Å². The molecule has 1 aliphatic rings. The fourth-order valence-electron chi connectivity index (χ4n) is 2.28. The van der Waals surface area contributed by atoms with E-state index in [4.69, 9.17) is 9.47 Å². The van der Waals surface area contributed by atoms with Crippen LogP contribution >= 0.6 is 0 Å². The molecule has 0 aromatic rings. The van der Waals surface area contributed by atoms with Gasteiger partial charge in [0.15, 0.2) is 12.2 Å². The Hall–Kier alpha value is -1.22. The van der Waals surface area contributed by atoms with Gasteiger partial charge in [0, 0.05) is 12.8 Å². The second-order valence-electron chi connectivity index (χ2n) is 5.37. The SMILES string of the molecule is CCCC(=O)O[C@@H]1[C@@H](O)[C@H](O)[C@@H](O)[C@H](O)[C@H]1OC(=O)CCC. The quantitative estimate of drug-likeness (QED) is 0.452. The third-order valence-electron chi connectivity index (χ3n) is 3.49. The molecule has 8 heteroatoms. The van der Waals surface area contributed by atoms with E-state index in [1.165, 1.54) is 0 Å². The van der Waals surface area contributed by atoms with Gasteiger partial charge in [-0.2, -0.15) is 0 Å². The highest BCUT2D eigenvalue weighted by molar-refractivity contribution is 5.70. The number of esters is 2. The molecular formula is C14H24O8. The lowest BCUT2D eigenvalue weighted by molar-refractivity contribution is -0.241. The van der Waals surface area contributed by atoms with E-state index < -0.39 is 48.6 Å². The summed E-state index contributed by atoms with van der Waals surface area (Å²) in [6.07, 6.45) is -8.46. The maximum atomic E-state index is 11.6. The number of carbonyl (C=O) groups excluding carboxylic acids is 2. The Bertz CT molecular complexity index is 349. The molecule has 0 radical (unpaired) electrons. The van der Waals surface area contributed by atoms with E-state index in [-0.39, 0.29) is 12.8 Å². The Morgan fingerprint density at radius 1 is 0.727 bits per heavy atom. The summed E-state index contributed by atoms with van der Waals surface area (Å²) >= 11 is 0. The number of aliphatic hydroxyl groups is 4. The number of aliphatic hydroxyl groups excluding tert-OH is 4. The average Bonchev–Trinajstić information content (AvgIpc) is 2.47.